The van der Waals surface area contributed by atoms with Crippen LogP contribution in [0.2, 0.25) is 0 Å². The van der Waals surface area contributed by atoms with E-state index in [2.05, 4.69) is 29.9 Å². The number of hydrogen-bond acceptors (Lipinski definition) is 3. The normalized spacial score (nSPS) is 7.74. The molecule has 1 aromatic rings. The van der Waals surface area contributed by atoms with Crippen LogP contribution in [0, 0.1) is 20.0 Å². The van der Waals surface area contributed by atoms with Gasteiger partial charge in [-0.05, 0) is 6.42 Å². The van der Waals surface area contributed by atoms with Gasteiger partial charge in [0.05, 0.1) is 0 Å². The third-order valence-corrected chi connectivity index (χ3v) is 1.21. The van der Waals surface area contributed by atoms with E-state index in [0.29, 0.717) is 5.69 Å². The molecule has 0 radical (unpaired) electrons. The summed E-state index contributed by atoms with van der Waals surface area (Å²) in [5, 5.41) is 10.1. The van der Waals surface area contributed by atoms with Crippen molar-refractivity contribution in [1.29, 1.82) is 0 Å². The van der Waals surface area contributed by atoms with Gasteiger partial charge in [0, 0.05) is 27.0 Å². The van der Waals surface area contributed by atoms with Crippen LogP contribution in [0.15, 0.2) is 12.5 Å². The van der Waals surface area contributed by atoms with Gasteiger partial charge in [-0.1, -0.05) is 24.3 Å². The standard InChI is InChI=1S/C6H8N3O2.3CO.Mo.Na/c7-5(6(10)11)1-4-2-8-3-9-4;3*1-2;;/h2-3,5,7H,1H2,(H2,8,9,10,11);;;;;/q-1;;;;;+1/p-2. The summed E-state index contributed by atoms with van der Waals surface area (Å²) in [6.07, 6.45) is 2.81. The van der Waals surface area contributed by atoms with E-state index in [-0.39, 0.29) is 57.0 Å². The van der Waals surface area contributed by atoms with Crippen LogP contribution in [0.5, 0.6) is 0 Å². The fourth-order valence-corrected chi connectivity index (χ4v) is 0.658. The third kappa shape index (κ3) is 20.0. The number of rotatable bonds is 3. The SMILES string of the molecule is [C-]#[O+].[C-]#[O+].[C-]#[O+].[Mo].[NH-]C(Cc1c[n-]cn1)C(=O)[O-].[Na+]. The van der Waals surface area contributed by atoms with Crippen molar-refractivity contribution in [3.63, 3.8) is 0 Å². The Morgan fingerprint density at radius 3 is 2.05 bits per heavy atom. The number of carbonyl (C=O) groups excluding carboxylic acids is 1. The largest absolute Gasteiger partial charge is 1.00 e. The minimum absolute atomic E-state index is 0. The Kier molecular flexibility index (Phi) is 42.9. The van der Waals surface area contributed by atoms with Gasteiger partial charge in [0.15, 0.2) is 0 Å². The predicted molar refractivity (Wildman–Crippen MR) is 46.2 cm³/mol. The zero-order valence-electron chi connectivity index (χ0n) is 9.78. The zero-order valence-corrected chi connectivity index (χ0v) is 13.8. The quantitative estimate of drug-likeness (QED) is 0.306. The molecular weight excluding hydrogens is 349 g/mol. The Labute approximate surface area is 146 Å². The number of carboxylic acid groups (broad SMARTS) is 1. The molecule has 0 fully saturated rings. The maximum Gasteiger partial charge on any atom is 1.00 e. The van der Waals surface area contributed by atoms with Gasteiger partial charge < -0.3 is 25.6 Å². The Morgan fingerprint density at radius 1 is 1.37 bits per heavy atom. The molecule has 0 spiro atoms. The molecule has 0 saturated carbocycles. The molecule has 10 heteroatoms. The number of nitrogens with zero attached hydrogens (tertiary/aromatic N) is 2. The molecule has 1 N–H and O–H groups in total. The van der Waals surface area contributed by atoms with Gasteiger partial charge in [-0.25, -0.2) is 0 Å². The van der Waals surface area contributed by atoms with Gasteiger partial charge in [0.1, 0.15) is 0 Å². The minimum atomic E-state index is -1.38. The van der Waals surface area contributed by atoms with Crippen LogP contribution in [0.25, 0.3) is 5.73 Å². The van der Waals surface area contributed by atoms with E-state index in [4.69, 9.17) is 19.7 Å². The molecule has 1 aromatic heterocycles. The van der Waals surface area contributed by atoms with Crippen molar-refractivity contribution in [3.8, 4) is 0 Å². The summed E-state index contributed by atoms with van der Waals surface area (Å²) in [4.78, 5) is 17.4. The number of hydrogen-bond donors (Lipinski definition) is 0. The molecule has 1 rings (SSSR count). The average Bonchev–Trinajstić information content (AvgIpc) is 2.89. The van der Waals surface area contributed by atoms with E-state index in [1.54, 1.807) is 0 Å². The van der Waals surface area contributed by atoms with Gasteiger partial charge in [0.25, 0.3) is 0 Å². The molecular formula is C9H6MoN3NaO5-2. The molecule has 0 bridgehead atoms. The second-order valence-corrected chi connectivity index (χ2v) is 2.09. The van der Waals surface area contributed by atoms with E-state index in [9.17, 15) is 9.90 Å². The van der Waals surface area contributed by atoms with Crippen molar-refractivity contribution in [2.24, 2.45) is 0 Å². The summed E-state index contributed by atoms with van der Waals surface area (Å²) in [6, 6.07) is -1.24. The molecule has 1 heterocycles. The first kappa shape index (κ1) is 31.1. The minimum Gasteiger partial charge on any atom is -0.670 e. The van der Waals surface area contributed by atoms with Gasteiger partial charge in [-0.15, -0.1) is 0 Å². The van der Waals surface area contributed by atoms with Crippen LogP contribution in [-0.4, -0.2) is 17.0 Å². The van der Waals surface area contributed by atoms with Crippen LogP contribution in [0.1, 0.15) is 5.69 Å². The van der Waals surface area contributed by atoms with Crippen LogP contribution < -0.4 is 39.6 Å². The average molecular weight is 355 g/mol. The van der Waals surface area contributed by atoms with E-state index in [0.717, 1.165) is 0 Å². The van der Waals surface area contributed by atoms with Crippen molar-refractivity contribution in [3.05, 3.63) is 43.9 Å². The first-order valence-electron chi connectivity index (χ1n) is 3.65. The second kappa shape index (κ2) is 26.2. The molecule has 1 atom stereocenters. The van der Waals surface area contributed by atoms with E-state index < -0.39 is 12.0 Å². The maximum absolute atomic E-state index is 10.1. The summed E-state index contributed by atoms with van der Waals surface area (Å²) in [5.41, 5.74) is 7.48. The molecule has 0 aromatic carbocycles. The summed E-state index contributed by atoms with van der Waals surface area (Å²) in [7, 11) is 0. The van der Waals surface area contributed by atoms with Crippen molar-refractivity contribution >= 4 is 5.97 Å². The number of aliphatic carboxylic acids is 1. The van der Waals surface area contributed by atoms with Crippen LogP contribution >= 0.6 is 0 Å². The molecule has 0 aliphatic carbocycles. The zero-order chi connectivity index (χ0) is 14.3. The number of carboxylic acids is 1. The number of imidazole rings is 1. The third-order valence-electron chi connectivity index (χ3n) is 1.21. The monoisotopic (exact) mass is 357 g/mol. The molecule has 0 aliphatic heterocycles. The molecule has 8 nitrogen and oxygen atoms in total. The van der Waals surface area contributed by atoms with E-state index in [1.165, 1.54) is 12.5 Å². The van der Waals surface area contributed by atoms with Crippen LogP contribution in [0.3, 0.4) is 0 Å². The molecule has 0 aliphatic rings. The number of carbonyl (C=O) groups is 1. The second-order valence-electron chi connectivity index (χ2n) is 2.09. The maximum atomic E-state index is 10.1. The van der Waals surface area contributed by atoms with E-state index >= 15 is 0 Å². The van der Waals surface area contributed by atoms with Gasteiger partial charge in [0.2, 0.25) is 0 Å². The van der Waals surface area contributed by atoms with Crippen molar-refractivity contribution in [2.45, 2.75) is 12.5 Å². The van der Waals surface area contributed by atoms with E-state index in [1.807, 2.05) is 0 Å². The first-order valence-corrected chi connectivity index (χ1v) is 3.65. The predicted octanol–water partition coefficient (Wildman–Crippen LogP) is -4.36. The van der Waals surface area contributed by atoms with Crippen molar-refractivity contribution < 1.29 is 74.5 Å². The van der Waals surface area contributed by atoms with Crippen LogP contribution in [-0.2, 0) is 46.2 Å². The summed E-state index contributed by atoms with van der Waals surface area (Å²) >= 11 is 0. The molecule has 19 heavy (non-hydrogen) atoms. The Bertz CT molecular complexity index is 338. The first-order chi connectivity index (χ1) is 8.20. The van der Waals surface area contributed by atoms with Crippen LogP contribution in [0.4, 0.5) is 0 Å². The molecule has 1 unspecified atom stereocenters. The summed E-state index contributed by atoms with van der Waals surface area (Å²) in [6.45, 7) is 13.5. The Hall–Kier alpha value is -0.452. The van der Waals surface area contributed by atoms with Gasteiger partial charge in [-0.2, -0.15) is 0 Å². The molecule has 0 amide bonds. The number of nitrogens with one attached hydrogen (secondary N) is 1. The smallest absolute Gasteiger partial charge is 0.670 e. The molecule has 0 saturated heterocycles. The van der Waals surface area contributed by atoms with Crippen molar-refractivity contribution in [2.75, 3.05) is 0 Å². The number of aromatic nitrogens is 2. The fraction of sp³-hybridized carbons (Fsp3) is 0.222. The topological polar surface area (TPSA) is 151 Å². The molecule has 96 valence electrons. The Balaban J connectivity index is -0.0000000724. The Morgan fingerprint density at radius 2 is 1.79 bits per heavy atom. The fourth-order valence-electron chi connectivity index (χ4n) is 0.658. The summed E-state index contributed by atoms with van der Waals surface area (Å²) in [5.74, 6) is -1.38. The van der Waals surface area contributed by atoms with Gasteiger partial charge >= 0.3 is 63.5 Å². The summed E-state index contributed by atoms with van der Waals surface area (Å²) < 4.78 is 22.5. The van der Waals surface area contributed by atoms with Crippen molar-refractivity contribution in [1.82, 2.24) is 9.97 Å². The van der Waals surface area contributed by atoms with Gasteiger partial charge in [-0.3, -0.25) is 0 Å².